The Morgan fingerprint density at radius 3 is 2.21 bits per heavy atom. The molecule has 1 N–H and O–H groups in total. The Morgan fingerprint density at radius 2 is 1.67 bits per heavy atom. The molecule has 2 aromatic rings. The minimum atomic E-state index is -4.09. The molecule has 0 spiro atoms. The van der Waals surface area contributed by atoms with Gasteiger partial charge >= 0.3 is 0 Å². The molecule has 0 heterocycles. The molecule has 6 nitrogen and oxygen atoms in total. The number of phenolic OH excluding ortho intramolecular Hbond substituents is 1. The molecule has 0 fully saturated rings. The van der Waals surface area contributed by atoms with Crippen molar-refractivity contribution >= 4 is 21.6 Å². The molecule has 0 aliphatic heterocycles. The lowest BCUT2D eigenvalue weighted by Gasteiger charge is -2.23. The normalized spacial score (nSPS) is 11.5. The molecule has 0 atom stereocenters. The molecule has 1 amide bonds. The van der Waals surface area contributed by atoms with E-state index in [-0.39, 0.29) is 29.0 Å². The van der Waals surface area contributed by atoms with Crippen LogP contribution in [0.4, 0.5) is 5.69 Å². The molecule has 24 heavy (non-hydrogen) atoms. The van der Waals surface area contributed by atoms with Crippen LogP contribution >= 0.6 is 0 Å². The van der Waals surface area contributed by atoms with E-state index in [1.54, 1.807) is 32.0 Å². The third kappa shape index (κ3) is 4.12. The Morgan fingerprint density at radius 1 is 1.08 bits per heavy atom. The van der Waals surface area contributed by atoms with Crippen LogP contribution in [-0.4, -0.2) is 32.1 Å². The predicted octanol–water partition coefficient (Wildman–Crippen LogP) is 2.54. The van der Waals surface area contributed by atoms with Crippen molar-refractivity contribution in [3.63, 3.8) is 0 Å². The number of sulfonamides is 1. The van der Waals surface area contributed by atoms with Crippen LogP contribution in [0.15, 0.2) is 59.5 Å². The zero-order valence-corrected chi connectivity index (χ0v) is 14.2. The van der Waals surface area contributed by atoms with Crippen molar-refractivity contribution in [2.75, 3.05) is 10.9 Å². The molecule has 0 saturated carbocycles. The standard InChI is InChI=1S/C17H19NO5S/c1-13(2)23-12-17(20)18(14-8-10-15(19)11-9-14)24(21,22)16-6-4-3-5-7-16/h3-11,13,19H,12H2,1-2H3. The monoisotopic (exact) mass is 349 g/mol. The summed E-state index contributed by atoms with van der Waals surface area (Å²) in [6.07, 6.45) is -0.213. The Balaban J connectivity index is 2.46. The minimum absolute atomic E-state index is 0.00373. The molecule has 0 unspecified atom stereocenters. The Kier molecular flexibility index (Phi) is 5.58. The Bertz CT molecular complexity index is 785. The number of carbonyl (C=O) groups is 1. The number of benzene rings is 2. The van der Waals surface area contributed by atoms with Gasteiger partial charge in [-0.05, 0) is 50.2 Å². The van der Waals surface area contributed by atoms with Crippen LogP contribution in [0.1, 0.15) is 13.8 Å². The SMILES string of the molecule is CC(C)OCC(=O)N(c1ccc(O)cc1)S(=O)(=O)c1ccccc1. The van der Waals surface area contributed by atoms with E-state index < -0.39 is 15.9 Å². The number of nitrogens with zero attached hydrogens (tertiary/aromatic N) is 1. The molecule has 0 aromatic heterocycles. The van der Waals surface area contributed by atoms with Gasteiger partial charge in [0.2, 0.25) is 0 Å². The lowest BCUT2D eigenvalue weighted by Crippen LogP contribution is -2.39. The number of rotatable bonds is 6. The summed E-state index contributed by atoms with van der Waals surface area (Å²) in [5, 5.41) is 9.40. The van der Waals surface area contributed by atoms with Crippen LogP contribution in [0, 0.1) is 0 Å². The summed E-state index contributed by atoms with van der Waals surface area (Å²) in [4.78, 5) is 12.5. The van der Waals surface area contributed by atoms with Gasteiger partial charge in [-0.3, -0.25) is 4.79 Å². The predicted molar refractivity (Wildman–Crippen MR) is 90.3 cm³/mol. The molecule has 7 heteroatoms. The summed E-state index contributed by atoms with van der Waals surface area (Å²) in [5.74, 6) is -0.736. The summed E-state index contributed by atoms with van der Waals surface area (Å²) >= 11 is 0. The van der Waals surface area contributed by atoms with E-state index in [9.17, 15) is 18.3 Å². The number of carbonyl (C=O) groups excluding carboxylic acids is 1. The number of aromatic hydroxyl groups is 1. The Labute approximate surface area is 141 Å². The van der Waals surface area contributed by atoms with E-state index in [2.05, 4.69) is 0 Å². The molecule has 0 saturated heterocycles. The van der Waals surface area contributed by atoms with Gasteiger partial charge in [-0.15, -0.1) is 0 Å². The van der Waals surface area contributed by atoms with Crippen molar-refractivity contribution in [3.8, 4) is 5.75 Å². The van der Waals surface area contributed by atoms with Crippen LogP contribution in [-0.2, 0) is 19.6 Å². The van der Waals surface area contributed by atoms with E-state index in [0.29, 0.717) is 4.31 Å². The zero-order chi connectivity index (χ0) is 17.7. The maximum Gasteiger partial charge on any atom is 0.270 e. The first-order valence-corrected chi connectivity index (χ1v) is 8.80. The fourth-order valence-electron chi connectivity index (χ4n) is 2.00. The number of phenols is 1. The molecular formula is C17H19NO5S. The van der Waals surface area contributed by atoms with E-state index in [1.807, 2.05) is 0 Å². The highest BCUT2D eigenvalue weighted by Crippen LogP contribution is 2.25. The molecule has 128 valence electrons. The van der Waals surface area contributed by atoms with E-state index in [1.165, 1.54) is 36.4 Å². The van der Waals surface area contributed by atoms with Gasteiger partial charge < -0.3 is 9.84 Å². The quantitative estimate of drug-likeness (QED) is 0.866. The first-order valence-electron chi connectivity index (χ1n) is 7.36. The minimum Gasteiger partial charge on any atom is -0.508 e. The number of hydrogen-bond donors (Lipinski definition) is 1. The zero-order valence-electron chi connectivity index (χ0n) is 13.4. The largest absolute Gasteiger partial charge is 0.508 e. The van der Waals surface area contributed by atoms with Crippen molar-refractivity contribution in [1.29, 1.82) is 0 Å². The smallest absolute Gasteiger partial charge is 0.270 e. The van der Waals surface area contributed by atoms with Gasteiger partial charge in [-0.1, -0.05) is 18.2 Å². The highest BCUT2D eigenvalue weighted by atomic mass is 32.2. The summed E-state index contributed by atoms with van der Waals surface area (Å²) in [5.41, 5.74) is 0.133. The molecule has 0 radical (unpaired) electrons. The van der Waals surface area contributed by atoms with Gasteiger partial charge in [0, 0.05) is 0 Å². The third-order valence-corrected chi connectivity index (χ3v) is 4.90. The molecule has 2 aromatic carbocycles. The number of anilines is 1. The summed E-state index contributed by atoms with van der Waals surface area (Å²) in [6, 6.07) is 13.0. The van der Waals surface area contributed by atoms with E-state index in [4.69, 9.17) is 4.74 Å². The molecule has 0 aliphatic rings. The van der Waals surface area contributed by atoms with Gasteiger partial charge in [0.25, 0.3) is 15.9 Å². The maximum atomic E-state index is 12.9. The van der Waals surface area contributed by atoms with Gasteiger partial charge in [-0.25, -0.2) is 12.7 Å². The lowest BCUT2D eigenvalue weighted by molar-refractivity contribution is -0.123. The summed E-state index contributed by atoms with van der Waals surface area (Å²) in [7, 11) is -4.09. The fraction of sp³-hybridized carbons (Fsp3) is 0.235. The number of ether oxygens (including phenoxy) is 1. The molecule has 2 rings (SSSR count). The van der Waals surface area contributed by atoms with E-state index >= 15 is 0 Å². The Hall–Kier alpha value is -2.38. The van der Waals surface area contributed by atoms with Gasteiger partial charge in [0.15, 0.2) is 0 Å². The van der Waals surface area contributed by atoms with Crippen LogP contribution in [0.3, 0.4) is 0 Å². The van der Waals surface area contributed by atoms with Crippen LogP contribution in [0.25, 0.3) is 0 Å². The molecule has 0 bridgehead atoms. The van der Waals surface area contributed by atoms with Crippen LogP contribution in [0.5, 0.6) is 5.75 Å². The average molecular weight is 349 g/mol. The van der Waals surface area contributed by atoms with Crippen LogP contribution in [0.2, 0.25) is 0 Å². The second-order valence-electron chi connectivity index (χ2n) is 5.35. The highest BCUT2D eigenvalue weighted by molar-refractivity contribution is 7.93. The topological polar surface area (TPSA) is 83.9 Å². The number of hydrogen-bond acceptors (Lipinski definition) is 5. The molecular weight excluding hydrogens is 330 g/mol. The van der Waals surface area contributed by atoms with Gasteiger partial charge in [0.1, 0.15) is 12.4 Å². The average Bonchev–Trinajstić information content (AvgIpc) is 2.55. The van der Waals surface area contributed by atoms with Gasteiger partial charge in [-0.2, -0.15) is 0 Å². The van der Waals surface area contributed by atoms with Crippen molar-refractivity contribution in [3.05, 3.63) is 54.6 Å². The van der Waals surface area contributed by atoms with Crippen molar-refractivity contribution in [2.24, 2.45) is 0 Å². The second-order valence-corrected chi connectivity index (χ2v) is 7.14. The van der Waals surface area contributed by atoms with Crippen molar-refractivity contribution < 1.29 is 23.1 Å². The highest BCUT2D eigenvalue weighted by Gasteiger charge is 2.31. The fourth-order valence-corrected chi connectivity index (χ4v) is 3.43. The van der Waals surface area contributed by atoms with Crippen molar-refractivity contribution in [1.82, 2.24) is 0 Å². The van der Waals surface area contributed by atoms with Crippen molar-refractivity contribution in [2.45, 2.75) is 24.8 Å². The number of amides is 1. The second kappa shape index (κ2) is 7.46. The first kappa shape index (κ1) is 18.0. The van der Waals surface area contributed by atoms with Gasteiger partial charge in [0.05, 0.1) is 16.7 Å². The van der Waals surface area contributed by atoms with E-state index in [0.717, 1.165) is 0 Å². The first-order chi connectivity index (χ1) is 11.3. The van der Waals surface area contributed by atoms with Crippen LogP contribution < -0.4 is 4.31 Å². The molecule has 0 aliphatic carbocycles. The summed E-state index contributed by atoms with van der Waals surface area (Å²) < 4.78 is 31.7. The summed E-state index contributed by atoms with van der Waals surface area (Å²) in [6.45, 7) is 3.14. The lowest BCUT2D eigenvalue weighted by atomic mass is 10.3. The maximum absolute atomic E-state index is 12.9. The third-order valence-electron chi connectivity index (χ3n) is 3.13.